The smallest absolute Gasteiger partial charge is 0.165 e. The molecule has 0 saturated heterocycles. The zero-order chi connectivity index (χ0) is 15.1. The molecule has 0 aromatic heterocycles. The minimum Gasteiger partial charge on any atom is -0.358 e. The third kappa shape index (κ3) is 1.98. The Hall–Kier alpha value is -2.66. The van der Waals surface area contributed by atoms with Crippen LogP contribution in [0.15, 0.2) is 65.5 Å². The number of amidine groups is 1. The number of hydrogen-bond donors (Lipinski definition) is 2. The molecule has 2 aromatic carbocycles. The van der Waals surface area contributed by atoms with Gasteiger partial charge in [0.2, 0.25) is 0 Å². The van der Waals surface area contributed by atoms with Gasteiger partial charge in [0.05, 0.1) is 17.1 Å². The van der Waals surface area contributed by atoms with Gasteiger partial charge in [-0.25, -0.2) is 0 Å². The molecule has 0 unspecified atom stereocenters. The first-order chi connectivity index (χ1) is 10.7. The van der Waals surface area contributed by atoms with Crippen LogP contribution in [0.3, 0.4) is 0 Å². The summed E-state index contributed by atoms with van der Waals surface area (Å²) in [6, 6.07) is 16.5. The molecule has 22 heavy (non-hydrogen) atoms. The Balaban J connectivity index is 1.88. The number of hydrazone groups is 1. The molecule has 0 bridgehead atoms. The first kappa shape index (κ1) is 13.0. The average Bonchev–Trinajstić information content (AvgIpc) is 2.56. The largest absolute Gasteiger partial charge is 0.358 e. The predicted octanol–water partition coefficient (Wildman–Crippen LogP) is 3.36. The van der Waals surface area contributed by atoms with E-state index in [0.717, 1.165) is 28.5 Å². The fourth-order valence-electron chi connectivity index (χ4n) is 2.63. The quantitative estimate of drug-likeness (QED) is 0.793. The summed E-state index contributed by atoms with van der Waals surface area (Å²) in [6.45, 7) is 2.07. The highest BCUT2D eigenvalue weighted by Gasteiger charge is 2.30. The van der Waals surface area contributed by atoms with Gasteiger partial charge in [-0.1, -0.05) is 54.2 Å². The molecule has 5 heteroatoms. The van der Waals surface area contributed by atoms with E-state index in [-0.39, 0.29) is 0 Å². The molecule has 2 aliphatic rings. The fourth-order valence-corrected chi connectivity index (χ4v) is 2.83. The van der Waals surface area contributed by atoms with Crippen LogP contribution in [0.1, 0.15) is 11.1 Å². The van der Waals surface area contributed by atoms with Gasteiger partial charge >= 0.3 is 0 Å². The number of anilines is 2. The standard InChI is InChI=1S/C17H14N4S/c1-11-6-8-12(9-7-11)16-19-20-17(22)15-10-18-13-4-2-3-5-14(13)21(15)16/h2-10,18H,1H3,(H,20,22). The molecule has 0 saturated carbocycles. The molecule has 2 N–H and O–H groups in total. The topological polar surface area (TPSA) is 39.7 Å². The maximum Gasteiger partial charge on any atom is 0.165 e. The van der Waals surface area contributed by atoms with Gasteiger partial charge in [-0.15, -0.1) is 0 Å². The first-order valence-electron chi connectivity index (χ1n) is 7.05. The Labute approximate surface area is 134 Å². The van der Waals surface area contributed by atoms with Gasteiger partial charge in [0.1, 0.15) is 4.99 Å². The Morgan fingerprint density at radius 2 is 1.82 bits per heavy atom. The Bertz CT molecular complexity index is 821. The first-order valence-corrected chi connectivity index (χ1v) is 7.46. The lowest BCUT2D eigenvalue weighted by atomic mass is 10.1. The van der Waals surface area contributed by atoms with Crippen LogP contribution in [0.4, 0.5) is 11.4 Å². The van der Waals surface area contributed by atoms with Crippen LogP contribution in [0.5, 0.6) is 0 Å². The van der Waals surface area contributed by atoms with Gasteiger partial charge in [-0.3, -0.25) is 10.3 Å². The number of nitrogens with zero attached hydrogens (tertiary/aromatic N) is 2. The molecule has 2 aromatic rings. The van der Waals surface area contributed by atoms with E-state index in [1.807, 2.05) is 24.4 Å². The van der Waals surface area contributed by atoms with Gasteiger partial charge in [0.15, 0.2) is 5.84 Å². The van der Waals surface area contributed by atoms with E-state index in [9.17, 15) is 0 Å². The summed E-state index contributed by atoms with van der Waals surface area (Å²) in [5.74, 6) is 0.841. The summed E-state index contributed by atoms with van der Waals surface area (Å²) < 4.78 is 0. The molecular formula is C17H14N4S. The number of benzene rings is 2. The summed E-state index contributed by atoms with van der Waals surface area (Å²) in [5.41, 5.74) is 8.20. The molecular weight excluding hydrogens is 292 g/mol. The van der Waals surface area contributed by atoms with E-state index in [0.29, 0.717) is 4.99 Å². The SMILES string of the molecule is Cc1ccc(C2=NNC(=S)C3=CNc4ccccc4N32)cc1. The molecule has 0 spiro atoms. The summed E-state index contributed by atoms with van der Waals surface area (Å²) in [5, 5.41) is 7.76. The van der Waals surface area contributed by atoms with E-state index < -0.39 is 0 Å². The van der Waals surface area contributed by atoms with Gasteiger partial charge in [-0.2, -0.15) is 5.10 Å². The van der Waals surface area contributed by atoms with Crippen molar-refractivity contribution in [2.24, 2.45) is 5.10 Å². The highest BCUT2D eigenvalue weighted by atomic mass is 32.1. The Morgan fingerprint density at radius 1 is 1.05 bits per heavy atom. The number of rotatable bonds is 1. The molecule has 4 rings (SSSR count). The number of fused-ring (bicyclic) bond motifs is 3. The van der Waals surface area contributed by atoms with Crippen molar-refractivity contribution in [3.05, 3.63) is 71.6 Å². The minimum atomic E-state index is 0.609. The lowest BCUT2D eigenvalue weighted by Gasteiger charge is -2.36. The zero-order valence-corrected chi connectivity index (χ0v) is 12.8. The fraction of sp³-hybridized carbons (Fsp3) is 0.0588. The van der Waals surface area contributed by atoms with Crippen LogP contribution in [0, 0.1) is 6.92 Å². The van der Waals surface area contributed by atoms with Crippen molar-refractivity contribution in [1.29, 1.82) is 0 Å². The Morgan fingerprint density at radius 3 is 2.64 bits per heavy atom. The molecule has 0 amide bonds. The van der Waals surface area contributed by atoms with Crippen molar-refractivity contribution < 1.29 is 0 Å². The third-order valence-electron chi connectivity index (χ3n) is 3.77. The summed E-state index contributed by atoms with van der Waals surface area (Å²) >= 11 is 5.39. The number of nitrogens with one attached hydrogen (secondary N) is 2. The molecule has 108 valence electrons. The maximum absolute atomic E-state index is 5.39. The van der Waals surface area contributed by atoms with Crippen molar-refractivity contribution in [3.63, 3.8) is 0 Å². The Kier molecular flexibility index (Phi) is 2.94. The van der Waals surface area contributed by atoms with Gasteiger partial charge in [0.25, 0.3) is 0 Å². The van der Waals surface area contributed by atoms with Gasteiger partial charge < -0.3 is 5.32 Å². The predicted molar refractivity (Wildman–Crippen MR) is 94.1 cm³/mol. The zero-order valence-electron chi connectivity index (χ0n) is 12.0. The summed E-state index contributed by atoms with van der Waals surface area (Å²) in [4.78, 5) is 2.70. The third-order valence-corrected chi connectivity index (χ3v) is 4.07. The number of para-hydroxylation sites is 2. The monoisotopic (exact) mass is 306 g/mol. The van der Waals surface area contributed by atoms with Crippen LogP contribution in [0.25, 0.3) is 0 Å². The van der Waals surface area contributed by atoms with E-state index in [4.69, 9.17) is 12.2 Å². The van der Waals surface area contributed by atoms with Crippen molar-refractivity contribution >= 4 is 34.4 Å². The van der Waals surface area contributed by atoms with Crippen molar-refractivity contribution in [2.45, 2.75) is 6.92 Å². The van der Waals surface area contributed by atoms with Crippen LogP contribution >= 0.6 is 12.2 Å². The second kappa shape index (κ2) is 4.96. The average molecular weight is 306 g/mol. The highest BCUT2D eigenvalue weighted by molar-refractivity contribution is 7.80. The van der Waals surface area contributed by atoms with Gasteiger partial charge in [0, 0.05) is 11.8 Å². The molecule has 2 heterocycles. The van der Waals surface area contributed by atoms with E-state index in [2.05, 4.69) is 58.0 Å². The minimum absolute atomic E-state index is 0.609. The molecule has 4 nitrogen and oxygen atoms in total. The summed E-state index contributed by atoms with van der Waals surface area (Å²) in [6.07, 6.45) is 1.92. The molecule has 0 aliphatic carbocycles. The van der Waals surface area contributed by atoms with Crippen molar-refractivity contribution in [1.82, 2.24) is 5.43 Å². The van der Waals surface area contributed by atoms with Crippen LogP contribution < -0.4 is 15.6 Å². The van der Waals surface area contributed by atoms with E-state index >= 15 is 0 Å². The second-order valence-corrected chi connectivity index (χ2v) is 5.68. The van der Waals surface area contributed by atoms with Crippen LogP contribution in [-0.4, -0.2) is 10.8 Å². The molecule has 0 radical (unpaired) electrons. The molecule has 0 fully saturated rings. The van der Waals surface area contributed by atoms with E-state index in [1.54, 1.807) is 0 Å². The second-order valence-electron chi connectivity index (χ2n) is 5.27. The van der Waals surface area contributed by atoms with Crippen molar-refractivity contribution in [2.75, 3.05) is 10.2 Å². The van der Waals surface area contributed by atoms with Crippen LogP contribution in [0.2, 0.25) is 0 Å². The number of hydrogen-bond acceptors (Lipinski definition) is 4. The van der Waals surface area contributed by atoms with Crippen molar-refractivity contribution in [3.8, 4) is 0 Å². The number of thiocarbonyl (C=S) groups is 1. The van der Waals surface area contributed by atoms with Crippen LogP contribution in [-0.2, 0) is 0 Å². The molecule has 0 atom stereocenters. The number of aryl methyl sites for hydroxylation is 1. The molecule has 2 aliphatic heterocycles. The summed E-state index contributed by atoms with van der Waals surface area (Å²) in [7, 11) is 0. The lowest BCUT2D eigenvalue weighted by molar-refractivity contribution is 0.983. The van der Waals surface area contributed by atoms with Gasteiger partial charge in [-0.05, 0) is 19.1 Å². The maximum atomic E-state index is 5.39. The lowest BCUT2D eigenvalue weighted by Crippen LogP contribution is -2.45. The normalized spacial score (nSPS) is 15.9. The highest BCUT2D eigenvalue weighted by Crippen LogP contribution is 2.35. The van der Waals surface area contributed by atoms with E-state index in [1.165, 1.54) is 5.56 Å².